The van der Waals surface area contributed by atoms with Crippen LogP contribution in [0.3, 0.4) is 0 Å². The third-order valence-corrected chi connectivity index (χ3v) is 6.53. The molecule has 1 unspecified atom stereocenters. The molecule has 2 aromatic rings. The van der Waals surface area contributed by atoms with Gasteiger partial charge in [-0.05, 0) is 50.2 Å². The van der Waals surface area contributed by atoms with E-state index >= 15 is 0 Å². The number of rotatable bonds is 4. The van der Waals surface area contributed by atoms with Crippen LogP contribution >= 0.6 is 0 Å². The fourth-order valence-corrected chi connectivity index (χ4v) is 4.58. The molecule has 0 spiro atoms. The van der Waals surface area contributed by atoms with E-state index in [1.54, 1.807) is 0 Å². The number of nitrogens with zero attached hydrogens (tertiary/aromatic N) is 3. The van der Waals surface area contributed by atoms with Crippen LogP contribution in [0.2, 0.25) is 0 Å². The predicted molar refractivity (Wildman–Crippen MR) is 101 cm³/mol. The third-order valence-electron chi connectivity index (χ3n) is 6.53. The number of aliphatic hydroxyl groups is 1. The van der Waals surface area contributed by atoms with Gasteiger partial charge >= 0.3 is 6.18 Å². The Balaban J connectivity index is 1.49. The van der Waals surface area contributed by atoms with Crippen LogP contribution < -0.4 is 0 Å². The Morgan fingerprint density at radius 2 is 1.90 bits per heavy atom. The van der Waals surface area contributed by atoms with E-state index in [0.717, 1.165) is 23.3 Å². The van der Waals surface area contributed by atoms with Crippen molar-refractivity contribution in [1.29, 1.82) is 0 Å². The number of hydrogen-bond acceptors (Lipinski definition) is 5. The van der Waals surface area contributed by atoms with Crippen molar-refractivity contribution in [2.75, 3.05) is 13.1 Å². The first-order valence-electron chi connectivity index (χ1n) is 10.0. The van der Waals surface area contributed by atoms with Crippen LogP contribution in [-0.4, -0.2) is 51.0 Å². The zero-order valence-corrected chi connectivity index (χ0v) is 16.8. The summed E-state index contributed by atoms with van der Waals surface area (Å²) in [7, 11) is 0. The highest BCUT2D eigenvalue weighted by Crippen LogP contribution is 2.58. The van der Waals surface area contributed by atoms with E-state index in [0.29, 0.717) is 25.1 Å². The molecular formula is C21H24F3N3O3. The third kappa shape index (κ3) is 3.38. The molecule has 1 aromatic carbocycles. The number of halogens is 3. The van der Waals surface area contributed by atoms with Crippen LogP contribution in [0.4, 0.5) is 13.2 Å². The maximum absolute atomic E-state index is 13.1. The zero-order chi connectivity index (χ0) is 21.7. The lowest BCUT2D eigenvalue weighted by Crippen LogP contribution is -2.58. The molecule has 1 aliphatic carbocycles. The van der Waals surface area contributed by atoms with Crippen LogP contribution in [0, 0.1) is 11.8 Å². The van der Waals surface area contributed by atoms with Gasteiger partial charge in [0.2, 0.25) is 17.4 Å². The van der Waals surface area contributed by atoms with E-state index < -0.39 is 17.7 Å². The molecule has 2 fully saturated rings. The molecule has 2 aliphatic rings. The van der Waals surface area contributed by atoms with Crippen LogP contribution in [0.1, 0.15) is 39.0 Å². The SMILES string of the molecule is C[C@@H]1CN(C(=O)[C@@](C)(O)C(F)(F)F)CCC1C1(c2nnc(-c3ccccc3)o2)CC1. The monoisotopic (exact) mass is 423 g/mol. The Labute approximate surface area is 172 Å². The van der Waals surface area contributed by atoms with E-state index in [-0.39, 0.29) is 30.3 Å². The van der Waals surface area contributed by atoms with Gasteiger partial charge in [-0.3, -0.25) is 4.79 Å². The van der Waals surface area contributed by atoms with Crippen LogP contribution in [0.25, 0.3) is 11.5 Å². The Morgan fingerprint density at radius 1 is 1.23 bits per heavy atom. The Hall–Kier alpha value is -2.42. The molecule has 162 valence electrons. The van der Waals surface area contributed by atoms with Gasteiger partial charge in [0, 0.05) is 18.7 Å². The minimum absolute atomic E-state index is 0.0682. The summed E-state index contributed by atoms with van der Waals surface area (Å²) in [5.41, 5.74) is -2.84. The summed E-state index contributed by atoms with van der Waals surface area (Å²) in [6.07, 6.45) is -2.76. The molecule has 1 saturated heterocycles. The Kier molecular flexibility index (Phi) is 4.91. The Bertz CT molecular complexity index is 922. The van der Waals surface area contributed by atoms with Crippen molar-refractivity contribution >= 4 is 5.91 Å². The minimum atomic E-state index is -5.01. The molecular weight excluding hydrogens is 399 g/mol. The van der Waals surface area contributed by atoms with Crippen molar-refractivity contribution in [3.8, 4) is 11.5 Å². The summed E-state index contributed by atoms with van der Waals surface area (Å²) in [6.45, 7) is 2.73. The van der Waals surface area contributed by atoms with Gasteiger partial charge in [-0.1, -0.05) is 25.1 Å². The first-order chi connectivity index (χ1) is 14.1. The van der Waals surface area contributed by atoms with Crippen molar-refractivity contribution in [2.45, 2.75) is 50.3 Å². The van der Waals surface area contributed by atoms with Crippen LogP contribution in [0.5, 0.6) is 0 Å². The number of piperidine rings is 1. The molecule has 1 N–H and O–H groups in total. The lowest BCUT2D eigenvalue weighted by Gasteiger charge is -2.42. The summed E-state index contributed by atoms with van der Waals surface area (Å²) >= 11 is 0. The quantitative estimate of drug-likeness (QED) is 0.814. The normalized spacial score (nSPS) is 25.6. The molecule has 0 bridgehead atoms. The molecule has 3 atom stereocenters. The smallest absolute Gasteiger partial charge is 0.420 e. The van der Waals surface area contributed by atoms with Crippen LogP contribution in [-0.2, 0) is 10.2 Å². The zero-order valence-electron chi connectivity index (χ0n) is 16.8. The molecule has 6 nitrogen and oxygen atoms in total. The van der Waals surface area contributed by atoms with Gasteiger partial charge in [0.25, 0.3) is 5.91 Å². The van der Waals surface area contributed by atoms with Crippen molar-refractivity contribution in [3.63, 3.8) is 0 Å². The number of carbonyl (C=O) groups excluding carboxylic acids is 1. The predicted octanol–water partition coefficient (Wildman–Crippen LogP) is 3.57. The molecule has 4 rings (SSSR count). The van der Waals surface area contributed by atoms with Gasteiger partial charge in [-0.2, -0.15) is 13.2 Å². The lowest BCUT2D eigenvalue weighted by molar-refractivity contribution is -0.251. The number of aromatic nitrogens is 2. The van der Waals surface area contributed by atoms with Crippen LogP contribution in [0.15, 0.2) is 34.7 Å². The van der Waals surface area contributed by atoms with Gasteiger partial charge in [0.05, 0.1) is 5.41 Å². The van der Waals surface area contributed by atoms with E-state index in [1.165, 1.54) is 0 Å². The molecule has 1 saturated carbocycles. The Morgan fingerprint density at radius 3 is 2.47 bits per heavy atom. The van der Waals surface area contributed by atoms with E-state index in [1.807, 2.05) is 37.3 Å². The summed E-state index contributed by atoms with van der Waals surface area (Å²) in [5, 5.41) is 18.2. The number of likely N-dealkylation sites (tertiary alicyclic amines) is 1. The maximum atomic E-state index is 13.1. The minimum Gasteiger partial charge on any atom is -0.420 e. The fourth-order valence-electron chi connectivity index (χ4n) is 4.58. The standard InChI is InChI=1S/C21H24F3N3O3/c1-13-12-27(18(28)19(2,29)21(22,23)24)11-8-15(13)20(9-10-20)17-26-25-16(30-17)14-6-4-3-5-7-14/h3-7,13,15,29H,8-12H2,1-2H3/t13-,15?,19-/m1/s1. The summed E-state index contributed by atoms with van der Waals surface area (Å²) in [4.78, 5) is 13.4. The van der Waals surface area contributed by atoms with E-state index in [2.05, 4.69) is 10.2 Å². The maximum Gasteiger partial charge on any atom is 0.426 e. The van der Waals surface area contributed by atoms with Crippen molar-refractivity contribution < 1.29 is 27.5 Å². The molecule has 1 aliphatic heterocycles. The van der Waals surface area contributed by atoms with Crippen molar-refractivity contribution in [1.82, 2.24) is 15.1 Å². The number of amides is 1. The second kappa shape index (κ2) is 7.08. The number of alkyl halides is 3. The van der Waals surface area contributed by atoms with Crippen molar-refractivity contribution in [2.24, 2.45) is 11.8 Å². The summed E-state index contributed by atoms with van der Waals surface area (Å²) < 4.78 is 45.1. The highest BCUT2D eigenvalue weighted by Gasteiger charge is 2.60. The first kappa shape index (κ1) is 20.8. The molecule has 1 aromatic heterocycles. The second-order valence-corrected chi connectivity index (χ2v) is 8.63. The van der Waals surface area contributed by atoms with Gasteiger partial charge in [0.1, 0.15) is 0 Å². The lowest BCUT2D eigenvalue weighted by atomic mass is 9.74. The highest BCUT2D eigenvalue weighted by molar-refractivity contribution is 5.85. The van der Waals surface area contributed by atoms with Gasteiger partial charge in [0.15, 0.2) is 0 Å². The molecule has 1 amide bonds. The first-order valence-corrected chi connectivity index (χ1v) is 10.0. The highest BCUT2D eigenvalue weighted by atomic mass is 19.4. The number of benzene rings is 1. The van der Waals surface area contributed by atoms with Crippen molar-refractivity contribution in [3.05, 3.63) is 36.2 Å². The molecule has 0 radical (unpaired) electrons. The van der Waals surface area contributed by atoms with E-state index in [9.17, 15) is 23.1 Å². The topological polar surface area (TPSA) is 79.5 Å². The van der Waals surface area contributed by atoms with Gasteiger partial charge < -0.3 is 14.4 Å². The van der Waals surface area contributed by atoms with E-state index in [4.69, 9.17) is 4.42 Å². The summed E-state index contributed by atoms with van der Waals surface area (Å²) in [6, 6.07) is 9.44. The van der Waals surface area contributed by atoms with Gasteiger partial charge in [-0.15, -0.1) is 10.2 Å². The largest absolute Gasteiger partial charge is 0.426 e. The molecule has 9 heteroatoms. The molecule has 2 heterocycles. The second-order valence-electron chi connectivity index (χ2n) is 8.63. The number of hydrogen-bond donors (Lipinski definition) is 1. The van der Waals surface area contributed by atoms with Gasteiger partial charge in [-0.25, -0.2) is 0 Å². The fraction of sp³-hybridized carbons (Fsp3) is 0.571. The summed E-state index contributed by atoms with van der Waals surface area (Å²) in [5.74, 6) is -0.254. The molecule has 30 heavy (non-hydrogen) atoms. The average molecular weight is 423 g/mol. The average Bonchev–Trinajstić information content (AvgIpc) is 3.35. The number of carbonyl (C=O) groups is 1.